The van der Waals surface area contributed by atoms with E-state index < -0.39 is 0 Å². The summed E-state index contributed by atoms with van der Waals surface area (Å²) in [7, 11) is 0. The summed E-state index contributed by atoms with van der Waals surface area (Å²) in [5.41, 5.74) is 0.858. The number of benzene rings is 1. The average molecular weight is 321 g/mol. The molecule has 0 spiro atoms. The second-order valence-electron chi connectivity index (χ2n) is 6.59. The number of aliphatic hydroxyl groups is 1. The Kier molecular flexibility index (Phi) is 6.39. The number of guanidine groups is 1. The van der Waals surface area contributed by atoms with E-state index in [1.165, 1.54) is 18.6 Å². The predicted octanol–water partition coefficient (Wildman–Crippen LogP) is 2.82. The largest absolute Gasteiger partial charge is 0.392 e. The Morgan fingerprint density at radius 3 is 2.70 bits per heavy atom. The fourth-order valence-corrected chi connectivity index (χ4v) is 2.98. The van der Waals surface area contributed by atoms with E-state index in [9.17, 15) is 9.50 Å². The third-order valence-corrected chi connectivity index (χ3v) is 4.62. The number of hydrogen-bond acceptors (Lipinski definition) is 2. The van der Waals surface area contributed by atoms with Crippen LogP contribution in [0.4, 0.5) is 4.39 Å². The fourth-order valence-electron chi connectivity index (χ4n) is 2.98. The molecule has 1 aromatic carbocycles. The first kappa shape index (κ1) is 17.7. The normalized spacial score (nSPS) is 25.2. The summed E-state index contributed by atoms with van der Waals surface area (Å²) in [6.07, 6.45) is 3.91. The predicted molar refractivity (Wildman–Crippen MR) is 91.8 cm³/mol. The van der Waals surface area contributed by atoms with Crippen LogP contribution < -0.4 is 10.6 Å². The molecule has 0 heterocycles. The Labute approximate surface area is 138 Å². The minimum absolute atomic E-state index is 0.107. The molecule has 1 fully saturated rings. The minimum atomic E-state index is -0.260. The molecule has 1 aliphatic carbocycles. The Morgan fingerprint density at radius 1 is 1.30 bits per heavy atom. The Bertz CT molecular complexity index is 518. The molecule has 1 aliphatic rings. The van der Waals surface area contributed by atoms with Crippen molar-refractivity contribution in [2.75, 3.05) is 13.1 Å². The lowest BCUT2D eigenvalue weighted by molar-refractivity contribution is 0.00397. The second kappa shape index (κ2) is 8.29. The summed E-state index contributed by atoms with van der Waals surface area (Å²) in [5.74, 6) is 0.498. The maximum absolute atomic E-state index is 12.9. The molecule has 1 aromatic rings. The topological polar surface area (TPSA) is 56.7 Å². The molecule has 0 bridgehead atoms. The van der Waals surface area contributed by atoms with Gasteiger partial charge in [-0.2, -0.15) is 0 Å². The zero-order valence-corrected chi connectivity index (χ0v) is 14.1. The van der Waals surface area contributed by atoms with Crippen molar-refractivity contribution < 1.29 is 9.50 Å². The Morgan fingerprint density at radius 2 is 2.04 bits per heavy atom. The van der Waals surface area contributed by atoms with Gasteiger partial charge in [0.2, 0.25) is 0 Å². The molecule has 4 nitrogen and oxygen atoms in total. The number of rotatable bonds is 5. The van der Waals surface area contributed by atoms with Gasteiger partial charge in [0.1, 0.15) is 5.82 Å². The van der Waals surface area contributed by atoms with Gasteiger partial charge in [-0.1, -0.05) is 31.9 Å². The van der Waals surface area contributed by atoms with Gasteiger partial charge in [-0.25, -0.2) is 9.38 Å². The van der Waals surface area contributed by atoms with Crippen LogP contribution in [0.3, 0.4) is 0 Å². The van der Waals surface area contributed by atoms with Crippen molar-refractivity contribution in [3.8, 4) is 0 Å². The summed E-state index contributed by atoms with van der Waals surface area (Å²) >= 11 is 0. The van der Waals surface area contributed by atoms with E-state index in [1.807, 2.05) is 6.92 Å². The molecule has 0 radical (unpaired) electrons. The molecule has 23 heavy (non-hydrogen) atoms. The number of nitrogens with zero attached hydrogens (tertiary/aromatic N) is 1. The number of nitrogens with one attached hydrogen (secondary N) is 2. The monoisotopic (exact) mass is 321 g/mol. The quantitative estimate of drug-likeness (QED) is 0.577. The maximum Gasteiger partial charge on any atom is 0.191 e. The van der Waals surface area contributed by atoms with Gasteiger partial charge in [-0.15, -0.1) is 0 Å². The van der Waals surface area contributed by atoms with E-state index in [-0.39, 0.29) is 17.3 Å². The van der Waals surface area contributed by atoms with Crippen LogP contribution >= 0.6 is 0 Å². The Balaban J connectivity index is 1.94. The van der Waals surface area contributed by atoms with Gasteiger partial charge in [-0.3, -0.25) is 0 Å². The summed E-state index contributed by atoms with van der Waals surface area (Å²) in [6, 6.07) is 6.39. The summed E-state index contributed by atoms with van der Waals surface area (Å²) in [5, 5.41) is 16.8. The van der Waals surface area contributed by atoms with Gasteiger partial charge in [-0.05, 0) is 37.5 Å². The van der Waals surface area contributed by atoms with E-state index >= 15 is 0 Å². The highest BCUT2D eigenvalue weighted by molar-refractivity contribution is 5.79. The Hall–Kier alpha value is -1.62. The van der Waals surface area contributed by atoms with Crippen LogP contribution in [-0.2, 0) is 6.54 Å². The number of halogens is 1. The van der Waals surface area contributed by atoms with Crippen LogP contribution in [0.15, 0.2) is 29.3 Å². The van der Waals surface area contributed by atoms with Crippen molar-refractivity contribution in [2.45, 2.75) is 52.2 Å². The van der Waals surface area contributed by atoms with E-state index in [0.717, 1.165) is 37.3 Å². The summed E-state index contributed by atoms with van der Waals surface area (Å²) in [6.45, 7) is 6.12. The van der Waals surface area contributed by atoms with Crippen LogP contribution in [0.5, 0.6) is 0 Å². The minimum Gasteiger partial charge on any atom is -0.392 e. The molecule has 2 atom stereocenters. The van der Waals surface area contributed by atoms with E-state index in [2.05, 4.69) is 22.5 Å². The zero-order chi connectivity index (χ0) is 16.7. The molecule has 2 rings (SSSR count). The van der Waals surface area contributed by atoms with Crippen LogP contribution in [0.1, 0.15) is 45.1 Å². The van der Waals surface area contributed by atoms with Gasteiger partial charge in [0.05, 0.1) is 12.6 Å². The van der Waals surface area contributed by atoms with Crippen molar-refractivity contribution in [2.24, 2.45) is 10.4 Å². The van der Waals surface area contributed by atoms with Crippen LogP contribution in [0.25, 0.3) is 0 Å². The number of aliphatic hydroxyl groups excluding tert-OH is 1. The maximum atomic E-state index is 12.9. The molecule has 2 unspecified atom stereocenters. The van der Waals surface area contributed by atoms with Gasteiger partial charge in [0, 0.05) is 18.5 Å². The highest BCUT2D eigenvalue weighted by Crippen LogP contribution is 2.35. The summed E-state index contributed by atoms with van der Waals surface area (Å²) in [4.78, 5) is 4.54. The van der Waals surface area contributed by atoms with Crippen LogP contribution in [0, 0.1) is 11.2 Å². The average Bonchev–Trinajstić information content (AvgIpc) is 2.55. The first-order valence-corrected chi connectivity index (χ1v) is 8.48. The molecule has 0 aromatic heterocycles. The third kappa shape index (κ3) is 5.20. The molecular weight excluding hydrogens is 293 g/mol. The fraction of sp³-hybridized carbons (Fsp3) is 0.611. The van der Waals surface area contributed by atoms with Crippen LogP contribution in [0.2, 0.25) is 0 Å². The SMILES string of the molecule is CCNC(=NCc1ccc(F)cc1)NCC1(C)CCCCC1O. The standard InChI is InChI=1S/C18H28FN3O/c1-3-20-17(21-12-14-7-9-15(19)10-8-14)22-13-18(2)11-5-4-6-16(18)23/h7-10,16,23H,3-6,11-13H2,1-2H3,(H2,20,21,22). The molecular formula is C18H28FN3O. The first-order valence-electron chi connectivity index (χ1n) is 8.48. The third-order valence-electron chi connectivity index (χ3n) is 4.62. The molecule has 0 amide bonds. The van der Waals surface area contributed by atoms with Crippen LogP contribution in [-0.4, -0.2) is 30.3 Å². The molecule has 128 valence electrons. The lowest BCUT2D eigenvalue weighted by atomic mass is 9.73. The van der Waals surface area contributed by atoms with Gasteiger partial charge in [0.15, 0.2) is 5.96 Å². The van der Waals surface area contributed by atoms with E-state index in [4.69, 9.17) is 0 Å². The van der Waals surface area contributed by atoms with Crippen molar-refractivity contribution >= 4 is 5.96 Å². The lowest BCUT2D eigenvalue weighted by Crippen LogP contribution is -2.48. The molecule has 3 N–H and O–H groups in total. The van der Waals surface area contributed by atoms with Gasteiger partial charge >= 0.3 is 0 Å². The van der Waals surface area contributed by atoms with Crippen molar-refractivity contribution in [1.29, 1.82) is 0 Å². The van der Waals surface area contributed by atoms with Gasteiger partial charge in [0.25, 0.3) is 0 Å². The molecule has 1 saturated carbocycles. The molecule has 0 aliphatic heterocycles. The highest BCUT2D eigenvalue weighted by atomic mass is 19.1. The highest BCUT2D eigenvalue weighted by Gasteiger charge is 2.35. The van der Waals surface area contributed by atoms with Crippen molar-refractivity contribution in [3.63, 3.8) is 0 Å². The van der Waals surface area contributed by atoms with Gasteiger partial charge < -0.3 is 15.7 Å². The molecule has 0 saturated heterocycles. The second-order valence-corrected chi connectivity index (χ2v) is 6.59. The molecule has 5 heteroatoms. The summed E-state index contributed by atoms with van der Waals surface area (Å²) < 4.78 is 12.9. The van der Waals surface area contributed by atoms with Crippen molar-refractivity contribution in [1.82, 2.24) is 10.6 Å². The lowest BCUT2D eigenvalue weighted by Gasteiger charge is -2.38. The van der Waals surface area contributed by atoms with Crippen molar-refractivity contribution in [3.05, 3.63) is 35.6 Å². The first-order chi connectivity index (χ1) is 11.0. The number of aliphatic imine (C=N–C) groups is 1. The van der Waals surface area contributed by atoms with E-state index in [0.29, 0.717) is 13.1 Å². The number of hydrogen-bond donors (Lipinski definition) is 3. The smallest absolute Gasteiger partial charge is 0.191 e. The van der Waals surface area contributed by atoms with E-state index in [1.54, 1.807) is 12.1 Å². The zero-order valence-electron chi connectivity index (χ0n) is 14.1.